The first-order valence-corrected chi connectivity index (χ1v) is 7.75. The molecule has 0 spiro atoms. The highest BCUT2D eigenvalue weighted by molar-refractivity contribution is 7.80. The summed E-state index contributed by atoms with van der Waals surface area (Å²) >= 11 is 4.32. The largest absolute Gasteiger partial charge is 0.349 e. The highest BCUT2D eigenvalue weighted by atomic mass is 32.1. The first kappa shape index (κ1) is 14.2. The number of fused-ring (bicyclic) bond motifs is 1. The van der Waals surface area contributed by atoms with Crippen LogP contribution in [0.25, 0.3) is 0 Å². The van der Waals surface area contributed by atoms with E-state index < -0.39 is 0 Å². The lowest BCUT2D eigenvalue weighted by molar-refractivity contribution is 0.0933. The fraction of sp³-hybridized carbons (Fsp3) is 0.278. The lowest BCUT2D eigenvalue weighted by Crippen LogP contribution is -2.39. The van der Waals surface area contributed by atoms with Crippen LogP contribution in [0.3, 0.4) is 0 Å². The molecule has 0 saturated carbocycles. The summed E-state index contributed by atoms with van der Waals surface area (Å²) in [5, 5.41) is 3.17. The van der Waals surface area contributed by atoms with Crippen LogP contribution >= 0.6 is 12.6 Å². The van der Waals surface area contributed by atoms with E-state index in [1.165, 1.54) is 11.1 Å². The van der Waals surface area contributed by atoms with Gasteiger partial charge in [-0.1, -0.05) is 30.3 Å². The summed E-state index contributed by atoms with van der Waals surface area (Å²) in [5.41, 5.74) is 4.48. The van der Waals surface area contributed by atoms with Gasteiger partial charge in [-0.15, -0.1) is 12.6 Å². The Morgan fingerprint density at radius 3 is 2.76 bits per heavy atom. The maximum atomic E-state index is 12.5. The van der Waals surface area contributed by atoms with Crippen LogP contribution < -0.4 is 5.32 Å². The molecule has 108 valence electrons. The highest BCUT2D eigenvalue weighted by Gasteiger charge is 2.21. The number of hydrogen-bond donors (Lipinski definition) is 2. The number of rotatable bonds is 2. The Kier molecular flexibility index (Phi) is 4.02. The molecule has 1 unspecified atom stereocenters. The molecule has 0 fully saturated rings. The zero-order valence-electron chi connectivity index (χ0n) is 12.1. The summed E-state index contributed by atoms with van der Waals surface area (Å²) in [6.07, 6.45) is 2.95. The van der Waals surface area contributed by atoms with Crippen LogP contribution in [0, 0.1) is 6.92 Å². The molecule has 0 radical (unpaired) electrons. The maximum absolute atomic E-state index is 12.5. The average Bonchev–Trinajstić information content (AvgIpc) is 2.49. The van der Waals surface area contributed by atoms with Crippen molar-refractivity contribution in [1.82, 2.24) is 5.32 Å². The quantitative estimate of drug-likeness (QED) is 0.815. The summed E-state index contributed by atoms with van der Waals surface area (Å²) in [5.74, 6) is 0.00720. The number of nitrogens with one attached hydrogen (secondary N) is 1. The van der Waals surface area contributed by atoms with E-state index in [0.717, 1.165) is 35.3 Å². The third kappa shape index (κ3) is 3.13. The van der Waals surface area contributed by atoms with Gasteiger partial charge in [-0.3, -0.25) is 4.79 Å². The lowest BCUT2D eigenvalue weighted by Gasteiger charge is -2.25. The molecular weight excluding hydrogens is 278 g/mol. The van der Waals surface area contributed by atoms with E-state index >= 15 is 0 Å². The molecular formula is C18H19NOS. The van der Waals surface area contributed by atoms with E-state index in [1.807, 2.05) is 25.1 Å². The molecule has 1 atom stereocenters. The molecule has 0 aromatic heterocycles. The van der Waals surface area contributed by atoms with Gasteiger partial charge < -0.3 is 5.32 Å². The fourth-order valence-corrected chi connectivity index (χ4v) is 3.14. The van der Waals surface area contributed by atoms with Crippen molar-refractivity contribution >= 4 is 18.5 Å². The number of thiol groups is 1. The summed E-state index contributed by atoms with van der Waals surface area (Å²) in [4.78, 5) is 13.3. The molecule has 21 heavy (non-hydrogen) atoms. The smallest absolute Gasteiger partial charge is 0.251 e. The topological polar surface area (TPSA) is 29.1 Å². The van der Waals surface area contributed by atoms with E-state index in [0.29, 0.717) is 0 Å². The van der Waals surface area contributed by atoms with Crippen molar-refractivity contribution in [2.75, 3.05) is 0 Å². The number of carbonyl (C=O) groups is 1. The predicted molar refractivity (Wildman–Crippen MR) is 88.2 cm³/mol. The molecule has 1 amide bonds. The van der Waals surface area contributed by atoms with E-state index in [2.05, 4.69) is 42.2 Å². The van der Waals surface area contributed by atoms with Crippen LogP contribution in [0.1, 0.15) is 33.5 Å². The summed E-state index contributed by atoms with van der Waals surface area (Å²) < 4.78 is 0. The zero-order valence-corrected chi connectivity index (χ0v) is 13.0. The molecule has 1 aliphatic rings. The Balaban J connectivity index is 1.73. The van der Waals surface area contributed by atoms with Crippen molar-refractivity contribution in [1.29, 1.82) is 0 Å². The van der Waals surface area contributed by atoms with Crippen molar-refractivity contribution in [2.45, 2.75) is 37.1 Å². The Hall–Kier alpha value is -1.74. The van der Waals surface area contributed by atoms with Crippen molar-refractivity contribution in [3.05, 3.63) is 64.7 Å². The van der Waals surface area contributed by atoms with Crippen LogP contribution in [-0.2, 0) is 12.8 Å². The Morgan fingerprint density at radius 1 is 1.19 bits per heavy atom. The molecule has 1 aliphatic carbocycles. The minimum absolute atomic E-state index is 0.00720. The van der Waals surface area contributed by atoms with Gasteiger partial charge in [0.1, 0.15) is 0 Å². The van der Waals surface area contributed by atoms with E-state index in [1.54, 1.807) is 0 Å². The number of benzene rings is 2. The summed E-state index contributed by atoms with van der Waals surface area (Å²) in [6, 6.07) is 14.4. The molecule has 0 bridgehead atoms. The van der Waals surface area contributed by atoms with Gasteiger partial charge in [0.05, 0.1) is 0 Å². The van der Waals surface area contributed by atoms with Crippen molar-refractivity contribution < 1.29 is 4.79 Å². The van der Waals surface area contributed by atoms with Gasteiger partial charge >= 0.3 is 0 Å². The molecule has 1 N–H and O–H groups in total. The second-order valence-corrected chi connectivity index (χ2v) is 6.20. The fourth-order valence-electron chi connectivity index (χ4n) is 2.94. The Morgan fingerprint density at radius 2 is 1.95 bits per heavy atom. The molecule has 3 rings (SSSR count). The molecule has 0 aliphatic heterocycles. The van der Waals surface area contributed by atoms with E-state index in [4.69, 9.17) is 0 Å². The zero-order chi connectivity index (χ0) is 14.8. The second-order valence-electron chi connectivity index (χ2n) is 5.68. The molecule has 3 heteroatoms. The monoisotopic (exact) mass is 297 g/mol. The first-order chi connectivity index (χ1) is 10.1. The van der Waals surface area contributed by atoms with E-state index in [9.17, 15) is 4.79 Å². The SMILES string of the molecule is Cc1ccc(S)cc1C(=O)NC1CCc2ccccc2C1. The molecule has 0 saturated heterocycles. The van der Waals surface area contributed by atoms with Crippen LogP contribution in [0.4, 0.5) is 0 Å². The minimum Gasteiger partial charge on any atom is -0.349 e. The average molecular weight is 297 g/mol. The van der Waals surface area contributed by atoms with Gasteiger partial charge in [-0.25, -0.2) is 0 Å². The first-order valence-electron chi connectivity index (χ1n) is 7.31. The summed E-state index contributed by atoms with van der Waals surface area (Å²) in [6.45, 7) is 1.96. The standard InChI is InChI=1S/C18H19NOS/c1-12-6-9-16(21)11-17(12)18(20)19-15-8-7-13-4-2-3-5-14(13)10-15/h2-6,9,11,15,21H,7-8,10H2,1H3,(H,19,20). The molecule has 2 aromatic rings. The van der Waals surface area contributed by atoms with Gasteiger partial charge in [-0.05, 0) is 55.0 Å². The van der Waals surface area contributed by atoms with Gasteiger partial charge in [0, 0.05) is 16.5 Å². The van der Waals surface area contributed by atoms with Crippen molar-refractivity contribution in [3.63, 3.8) is 0 Å². The number of amides is 1. The van der Waals surface area contributed by atoms with Crippen LogP contribution in [-0.4, -0.2) is 11.9 Å². The second kappa shape index (κ2) is 5.94. The maximum Gasteiger partial charge on any atom is 0.251 e. The number of carbonyl (C=O) groups excluding carboxylic acids is 1. The minimum atomic E-state index is 0.00720. The van der Waals surface area contributed by atoms with Crippen LogP contribution in [0.5, 0.6) is 0 Å². The number of aryl methyl sites for hydroxylation is 2. The van der Waals surface area contributed by atoms with E-state index in [-0.39, 0.29) is 11.9 Å². The van der Waals surface area contributed by atoms with Gasteiger partial charge in [0.2, 0.25) is 0 Å². The molecule has 2 nitrogen and oxygen atoms in total. The Bertz CT molecular complexity index is 681. The van der Waals surface area contributed by atoms with Crippen molar-refractivity contribution in [2.24, 2.45) is 0 Å². The summed E-state index contributed by atoms with van der Waals surface area (Å²) in [7, 11) is 0. The molecule has 0 heterocycles. The van der Waals surface area contributed by atoms with Gasteiger partial charge in [-0.2, -0.15) is 0 Å². The van der Waals surface area contributed by atoms with Crippen LogP contribution in [0.2, 0.25) is 0 Å². The third-order valence-electron chi connectivity index (χ3n) is 4.15. The lowest BCUT2D eigenvalue weighted by atomic mass is 9.88. The Labute approximate surface area is 131 Å². The third-order valence-corrected chi connectivity index (χ3v) is 4.43. The normalized spacial score (nSPS) is 17.1. The van der Waals surface area contributed by atoms with Crippen LogP contribution in [0.15, 0.2) is 47.4 Å². The predicted octanol–water partition coefficient (Wildman–Crippen LogP) is 3.57. The van der Waals surface area contributed by atoms with Gasteiger partial charge in [0.15, 0.2) is 0 Å². The van der Waals surface area contributed by atoms with Gasteiger partial charge in [0.25, 0.3) is 5.91 Å². The van der Waals surface area contributed by atoms with Crippen molar-refractivity contribution in [3.8, 4) is 0 Å². The molecule has 2 aromatic carbocycles. The number of hydrogen-bond acceptors (Lipinski definition) is 2. The highest BCUT2D eigenvalue weighted by Crippen LogP contribution is 2.22.